The summed E-state index contributed by atoms with van der Waals surface area (Å²) < 4.78 is 54.7. The Morgan fingerprint density at radius 2 is 1.57 bits per heavy atom. The van der Waals surface area contributed by atoms with Gasteiger partial charge in [0.05, 0.1) is 22.9 Å². The Balaban J connectivity index is 1.82. The molecule has 10 heteroatoms. The van der Waals surface area contributed by atoms with E-state index < -0.39 is 19.9 Å². The summed E-state index contributed by atoms with van der Waals surface area (Å²) in [6.07, 6.45) is 1.63. The molecule has 0 unspecified atom stereocenters. The van der Waals surface area contributed by atoms with Crippen molar-refractivity contribution in [1.29, 1.82) is 0 Å². The molecule has 0 atom stereocenters. The summed E-state index contributed by atoms with van der Waals surface area (Å²) >= 11 is 0. The van der Waals surface area contributed by atoms with Crippen LogP contribution in [0.3, 0.4) is 0 Å². The molecule has 0 saturated carbocycles. The van der Waals surface area contributed by atoms with E-state index in [0.29, 0.717) is 18.7 Å². The topological polar surface area (TPSA) is 101 Å². The number of benzene rings is 2. The molecule has 0 heterocycles. The van der Waals surface area contributed by atoms with Crippen LogP contribution < -0.4 is 4.74 Å². The highest BCUT2D eigenvalue weighted by atomic mass is 32.2. The summed E-state index contributed by atoms with van der Waals surface area (Å²) in [7, 11) is -4.08. The van der Waals surface area contributed by atoms with Gasteiger partial charge in [0.1, 0.15) is 5.75 Å². The predicted octanol–water partition coefficient (Wildman–Crippen LogP) is 1.64. The monoisotopic (exact) mass is 454 g/mol. The number of amides is 1. The van der Waals surface area contributed by atoms with Gasteiger partial charge in [0.2, 0.25) is 15.9 Å². The van der Waals surface area contributed by atoms with Crippen molar-refractivity contribution in [3.63, 3.8) is 0 Å². The third-order valence-corrected chi connectivity index (χ3v) is 7.30. The molecule has 0 N–H and O–H groups in total. The minimum absolute atomic E-state index is 0.132. The van der Waals surface area contributed by atoms with Crippen LogP contribution in [0, 0.1) is 0 Å². The number of sulfone groups is 1. The maximum Gasteiger partial charge on any atom is 0.243 e. The van der Waals surface area contributed by atoms with Gasteiger partial charge in [-0.05, 0) is 36.8 Å². The minimum atomic E-state index is -3.73. The molecule has 0 aliphatic carbocycles. The Morgan fingerprint density at radius 3 is 2.20 bits per heavy atom. The lowest BCUT2D eigenvalue weighted by atomic mass is 10.3. The highest BCUT2D eigenvalue weighted by Gasteiger charge is 2.23. The first-order chi connectivity index (χ1) is 14.0. The van der Waals surface area contributed by atoms with E-state index in [2.05, 4.69) is 0 Å². The molecule has 0 saturated heterocycles. The lowest BCUT2D eigenvalue weighted by Crippen LogP contribution is -2.39. The largest absolute Gasteiger partial charge is 0.493 e. The van der Waals surface area contributed by atoms with Gasteiger partial charge in [-0.1, -0.05) is 24.3 Å². The molecule has 2 aromatic carbocycles. The zero-order valence-corrected chi connectivity index (χ0v) is 18.8. The van der Waals surface area contributed by atoms with Crippen molar-refractivity contribution >= 4 is 25.8 Å². The van der Waals surface area contributed by atoms with Crippen molar-refractivity contribution in [2.75, 3.05) is 40.0 Å². The highest BCUT2D eigenvalue weighted by Crippen LogP contribution is 2.17. The van der Waals surface area contributed by atoms with Crippen molar-refractivity contribution in [2.24, 2.45) is 0 Å². The fourth-order valence-electron chi connectivity index (χ4n) is 2.58. The summed E-state index contributed by atoms with van der Waals surface area (Å²) in [6.45, 7) is 0.373. The lowest BCUT2D eigenvalue weighted by molar-refractivity contribution is -0.130. The zero-order chi connectivity index (χ0) is 22.4. The van der Waals surface area contributed by atoms with Gasteiger partial charge < -0.3 is 9.64 Å². The fourth-order valence-corrected chi connectivity index (χ4v) is 4.38. The minimum Gasteiger partial charge on any atom is -0.493 e. The van der Waals surface area contributed by atoms with Crippen LogP contribution in [0.25, 0.3) is 0 Å². The van der Waals surface area contributed by atoms with Gasteiger partial charge in [0.25, 0.3) is 0 Å². The van der Waals surface area contributed by atoms with E-state index >= 15 is 0 Å². The highest BCUT2D eigenvalue weighted by molar-refractivity contribution is 7.90. The first kappa shape index (κ1) is 23.8. The average Bonchev–Trinajstić information content (AvgIpc) is 2.71. The zero-order valence-electron chi connectivity index (χ0n) is 17.2. The first-order valence-electron chi connectivity index (χ1n) is 9.20. The van der Waals surface area contributed by atoms with Crippen molar-refractivity contribution in [3.05, 3.63) is 54.6 Å². The van der Waals surface area contributed by atoms with Crippen molar-refractivity contribution in [1.82, 2.24) is 9.21 Å². The van der Waals surface area contributed by atoms with Gasteiger partial charge in [-0.3, -0.25) is 4.79 Å². The van der Waals surface area contributed by atoms with Crippen LogP contribution in [0.2, 0.25) is 0 Å². The van der Waals surface area contributed by atoms with E-state index in [4.69, 9.17) is 4.74 Å². The van der Waals surface area contributed by atoms with Gasteiger partial charge in [0.15, 0.2) is 9.84 Å². The normalized spacial score (nSPS) is 12.0. The van der Waals surface area contributed by atoms with Crippen LogP contribution in [-0.2, 0) is 24.7 Å². The number of carbonyl (C=O) groups is 1. The summed E-state index contributed by atoms with van der Waals surface area (Å²) in [5.41, 5.74) is 0. The van der Waals surface area contributed by atoms with Crippen LogP contribution >= 0.6 is 0 Å². The summed E-state index contributed by atoms with van der Waals surface area (Å²) in [5.74, 6) is 0.0941. The van der Waals surface area contributed by atoms with Crippen LogP contribution in [0.1, 0.15) is 6.42 Å². The molecular formula is C20H26N2O6S2. The van der Waals surface area contributed by atoms with Gasteiger partial charge >= 0.3 is 0 Å². The maximum absolute atomic E-state index is 12.5. The molecule has 8 nitrogen and oxygen atoms in total. The number of hydrogen-bond acceptors (Lipinski definition) is 6. The second-order valence-corrected chi connectivity index (χ2v) is 10.9. The average molecular weight is 455 g/mol. The number of hydrogen-bond donors (Lipinski definition) is 0. The number of rotatable bonds is 10. The molecular weight excluding hydrogens is 428 g/mol. The molecule has 1 amide bonds. The third-order valence-electron chi connectivity index (χ3n) is 4.38. The van der Waals surface area contributed by atoms with Crippen molar-refractivity contribution < 1.29 is 26.4 Å². The van der Waals surface area contributed by atoms with Gasteiger partial charge in [-0.2, -0.15) is 4.31 Å². The van der Waals surface area contributed by atoms with E-state index in [1.165, 1.54) is 36.2 Å². The van der Waals surface area contributed by atoms with Crippen LogP contribution in [0.15, 0.2) is 64.4 Å². The molecule has 0 spiro atoms. The number of nitrogens with zero attached hydrogens (tertiary/aromatic N) is 2. The van der Waals surface area contributed by atoms with E-state index in [9.17, 15) is 21.6 Å². The molecule has 0 fully saturated rings. The van der Waals surface area contributed by atoms with E-state index in [0.717, 1.165) is 10.6 Å². The Bertz CT molecular complexity index is 1070. The summed E-state index contributed by atoms with van der Waals surface area (Å²) in [4.78, 5) is 14.1. The molecule has 2 rings (SSSR count). The molecule has 0 aliphatic heterocycles. The SMILES string of the molecule is CN(CCCOc1cccc(S(C)(=O)=O)c1)C(=O)CN(C)S(=O)(=O)c1ccccc1. The molecule has 30 heavy (non-hydrogen) atoms. The lowest BCUT2D eigenvalue weighted by Gasteiger charge is -2.22. The first-order valence-corrected chi connectivity index (χ1v) is 12.5. The molecule has 2 aromatic rings. The Morgan fingerprint density at radius 1 is 0.933 bits per heavy atom. The third kappa shape index (κ3) is 6.54. The number of carbonyl (C=O) groups excluding carboxylic acids is 1. The number of sulfonamides is 1. The maximum atomic E-state index is 12.5. The quantitative estimate of drug-likeness (QED) is 0.506. The molecule has 0 bridgehead atoms. The summed E-state index contributed by atoms with van der Waals surface area (Å²) in [5, 5.41) is 0. The van der Waals surface area contributed by atoms with Crippen LogP contribution in [0.4, 0.5) is 0 Å². The predicted molar refractivity (Wildman–Crippen MR) is 114 cm³/mol. The Hall–Kier alpha value is -2.43. The van der Waals surface area contributed by atoms with Gasteiger partial charge in [-0.15, -0.1) is 0 Å². The number of likely N-dealkylation sites (N-methyl/N-ethyl adjacent to an activating group) is 2. The van der Waals surface area contributed by atoms with Crippen LogP contribution in [-0.4, -0.2) is 72.0 Å². The molecule has 0 radical (unpaired) electrons. The number of ether oxygens (including phenoxy) is 1. The second-order valence-electron chi connectivity index (χ2n) is 6.84. The molecule has 0 aromatic heterocycles. The Labute approximate surface area is 178 Å². The molecule has 164 valence electrons. The fraction of sp³-hybridized carbons (Fsp3) is 0.350. The van der Waals surface area contributed by atoms with Gasteiger partial charge in [-0.25, -0.2) is 16.8 Å². The van der Waals surface area contributed by atoms with E-state index in [1.807, 2.05) is 0 Å². The second kappa shape index (κ2) is 10.1. The smallest absolute Gasteiger partial charge is 0.243 e. The molecule has 0 aliphatic rings. The van der Waals surface area contributed by atoms with Crippen molar-refractivity contribution in [3.8, 4) is 5.75 Å². The standard InChI is InChI=1S/C20H26N2O6S2/c1-21(13-8-14-28-17-9-7-12-19(15-17)29(3,24)25)20(23)16-22(2)30(26,27)18-10-5-4-6-11-18/h4-7,9-12,15H,8,13-14,16H2,1-3H3. The van der Waals surface area contributed by atoms with Crippen molar-refractivity contribution in [2.45, 2.75) is 16.2 Å². The van der Waals surface area contributed by atoms with E-state index in [1.54, 1.807) is 37.4 Å². The van der Waals surface area contributed by atoms with Gasteiger partial charge in [0, 0.05) is 26.9 Å². The Kier molecular flexibility index (Phi) is 7.99. The summed E-state index contributed by atoms with van der Waals surface area (Å²) in [6, 6.07) is 14.1. The van der Waals surface area contributed by atoms with E-state index in [-0.39, 0.29) is 28.8 Å². The van der Waals surface area contributed by atoms with Crippen LogP contribution in [0.5, 0.6) is 5.75 Å².